The van der Waals surface area contributed by atoms with Gasteiger partial charge < -0.3 is 9.67 Å². The number of halogens is 3. The van der Waals surface area contributed by atoms with Crippen LogP contribution in [0.25, 0.3) is 0 Å². The van der Waals surface area contributed by atoms with E-state index in [1.165, 1.54) is 19.4 Å². The number of hydrogen-bond acceptors (Lipinski definition) is 2. The van der Waals surface area contributed by atoms with Gasteiger partial charge in [-0.2, -0.15) is 13.2 Å². The maximum Gasteiger partial charge on any atom is 0.436 e. The van der Waals surface area contributed by atoms with Gasteiger partial charge in [0.2, 0.25) is 0 Å². The number of aromatic nitrogens is 2. The maximum absolute atomic E-state index is 13.2. The zero-order valence-electron chi connectivity index (χ0n) is 11.4. The van der Waals surface area contributed by atoms with Crippen molar-refractivity contribution in [3.8, 4) is 11.8 Å². The molecule has 0 saturated heterocycles. The molecule has 6 heteroatoms. The zero-order valence-corrected chi connectivity index (χ0v) is 11.4. The molecule has 0 bridgehead atoms. The highest BCUT2D eigenvalue weighted by molar-refractivity contribution is 5.43. The second kappa shape index (κ2) is 5.26. The van der Waals surface area contributed by atoms with Crippen LogP contribution in [0.3, 0.4) is 0 Å². The molecule has 0 aliphatic heterocycles. The molecule has 0 spiro atoms. The quantitative estimate of drug-likeness (QED) is 0.821. The largest absolute Gasteiger partial charge is 0.436 e. The van der Waals surface area contributed by atoms with E-state index in [2.05, 4.69) is 10.9 Å². The van der Waals surface area contributed by atoms with E-state index in [9.17, 15) is 18.3 Å². The van der Waals surface area contributed by atoms with E-state index in [-0.39, 0.29) is 0 Å². The Hall–Kier alpha value is -2.26. The molecule has 0 amide bonds. The van der Waals surface area contributed by atoms with Crippen molar-refractivity contribution in [3.05, 3.63) is 53.6 Å². The summed E-state index contributed by atoms with van der Waals surface area (Å²) in [5.41, 5.74) is -2.16. The summed E-state index contributed by atoms with van der Waals surface area (Å²) >= 11 is 0. The third kappa shape index (κ3) is 2.78. The topological polar surface area (TPSA) is 38.1 Å². The van der Waals surface area contributed by atoms with Gasteiger partial charge in [-0.25, -0.2) is 4.98 Å². The molecule has 0 aliphatic carbocycles. The molecule has 1 atom stereocenters. The third-order valence-electron chi connectivity index (χ3n) is 3.08. The summed E-state index contributed by atoms with van der Waals surface area (Å²) in [4.78, 5) is 3.58. The van der Waals surface area contributed by atoms with Crippen LogP contribution in [0.1, 0.15) is 17.0 Å². The Balaban J connectivity index is 2.55. The minimum absolute atomic E-state index is 0.425. The van der Waals surface area contributed by atoms with Crippen LogP contribution in [0, 0.1) is 18.8 Å². The normalized spacial score (nSPS) is 14.2. The smallest absolute Gasteiger partial charge is 0.364 e. The lowest BCUT2D eigenvalue weighted by Gasteiger charge is -2.24. The Morgan fingerprint density at radius 1 is 1.24 bits per heavy atom. The van der Waals surface area contributed by atoms with Crippen molar-refractivity contribution < 1.29 is 18.3 Å². The van der Waals surface area contributed by atoms with Gasteiger partial charge in [-0.15, -0.1) is 0 Å². The molecular weight excluding hydrogens is 281 g/mol. The predicted molar refractivity (Wildman–Crippen MR) is 71.2 cm³/mol. The average Bonchev–Trinajstić information content (AvgIpc) is 2.83. The Labute approximate surface area is 120 Å². The van der Waals surface area contributed by atoms with Crippen LogP contribution in [-0.2, 0) is 12.6 Å². The number of benzene rings is 1. The van der Waals surface area contributed by atoms with Crippen molar-refractivity contribution in [2.24, 2.45) is 7.05 Å². The standard InChI is InChI=1S/C15H13F3N2O/c1-11-5-3-4-6-12(11)7-8-14(21,15(16,17)18)13-19-9-10-20(13)2/h3-6,9-10,21H,1-2H3. The molecule has 2 rings (SSSR count). The number of aliphatic hydroxyl groups is 1. The van der Waals surface area contributed by atoms with Crippen molar-refractivity contribution in [3.63, 3.8) is 0 Å². The number of alkyl halides is 3. The van der Waals surface area contributed by atoms with Crippen LogP contribution in [0.15, 0.2) is 36.7 Å². The van der Waals surface area contributed by atoms with E-state index < -0.39 is 17.6 Å². The minimum Gasteiger partial charge on any atom is -0.364 e. The highest BCUT2D eigenvalue weighted by atomic mass is 19.4. The van der Waals surface area contributed by atoms with Gasteiger partial charge in [-0.1, -0.05) is 24.1 Å². The lowest BCUT2D eigenvalue weighted by molar-refractivity contribution is -0.244. The van der Waals surface area contributed by atoms with Crippen LogP contribution < -0.4 is 0 Å². The molecule has 0 aliphatic rings. The van der Waals surface area contributed by atoms with Gasteiger partial charge in [0, 0.05) is 25.0 Å². The van der Waals surface area contributed by atoms with Crippen LogP contribution >= 0.6 is 0 Å². The first-order chi connectivity index (χ1) is 9.75. The fourth-order valence-corrected chi connectivity index (χ4v) is 1.84. The summed E-state index contributed by atoms with van der Waals surface area (Å²) in [5, 5.41) is 10.1. The molecule has 3 nitrogen and oxygen atoms in total. The number of aryl methyl sites for hydroxylation is 2. The van der Waals surface area contributed by atoms with E-state index in [0.29, 0.717) is 5.56 Å². The lowest BCUT2D eigenvalue weighted by Crippen LogP contribution is -2.43. The second-order valence-electron chi connectivity index (χ2n) is 4.63. The molecule has 2 aromatic rings. The molecule has 1 aromatic heterocycles. The van der Waals surface area contributed by atoms with Crippen molar-refractivity contribution in [1.82, 2.24) is 9.55 Å². The number of nitrogens with zero attached hydrogens (tertiary/aromatic N) is 2. The van der Waals surface area contributed by atoms with Crippen LogP contribution in [0.5, 0.6) is 0 Å². The van der Waals surface area contributed by atoms with Gasteiger partial charge >= 0.3 is 6.18 Å². The third-order valence-corrected chi connectivity index (χ3v) is 3.08. The van der Waals surface area contributed by atoms with E-state index in [1.54, 1.807) is 31.2 Å². The molecule has 0 fully saturated rings. The first kappa shape index (κ1) is 15.1. The summed E-state index contributed by atoms with van der Waals surface area (Å²) in [6.07, 6.45) is -2.45. The molecule has 1 N–H and O–H groups in total. The maximum atomic E-state index is 13.2. The molecule has 21 heavy (non-hydrogen) atoms. The Bertz CT molecular complexity index is 709. The minimum atomic E-state index is -4.96. The van der Waals surface area contributed by atoms with Crippen molar-refractivity contribution in [1.29, 1.82) is 0 Å². The van der Waals surface area contributed by atoms with Crippen molar-refractivity contribution in [2.75, 3.05) is 0 Å². The van der Waals surface area contributed by atoms with E-state index in [4.69, 9.17) is 0 Å². The van der Waals surface area contributed by atoms with Gasteiger partial charge in [0.05, 0.1) is 0 Å². The fourth-order valence-electron chi connectivity index (χ4n) is 1.84. The highest BCUT2D eigenvalue weighted by Gasteiger charge is 2.57. The first-order valence-corrected chi connectivity index (χ1v) is 6.11. The summed E-state index contributed by atoms with van der Waals surface area (Å²) < 4.78 is 40.8. The first-order valence-electron chi connectivity index (χ1n) is 6.11. The van der Waals surface area contributed by atoms with Gasteiger partial charge in [-0.3, -0.25) is 0 Å². The Morgan fingerprint density at radius 2 is 1.90 bits per heavy atom. The molecule has 1 aromatic carbocycles. The molecular formula is C15H13F3N2O. The van der Waals surface area contributed by atoms with E-state index >= 15 is 0 Å². The highest BCUT2D eigenvalue weighted by Crippen LogP contribution is 2.37. The summed E-state index contributed by atoms with van der Waals surface area (Å²) in [6.45, 7) is 1.73. The Kier molecular flexibility index (Phi) is 3.79. The molecule has 1 unspecified atom stereocenters. The van der Waals surface area contributed by atoms with Crippen LogP contribution in [0.4, 0.5) is 13.2 Å². The molecule has 0 saturated carbocycles. The van der Waals surface area contributed by atoms with Crippen LogP contribution in [0.2, 0.25) is 0 Å². The van der Waals surface area contributed by atoms with Crippen molar-refractivity contribution in [2.45, 2.75) is 18.7 Å². The van der Waals surface area contributed by atoms with E-state index in [1.807, 2.05) is 5.92 Å². The number of hydrogen-bond donors (Lipinski definition) is 1. The van der Waals surface area contributed by atoms with Gasteiger partial charge in [0.1, 0.15) is 0 Å². The van der Waals surface area contributed by atoms with E-state index in [0.717, 1.165) is 10.1 Å². The summed E-state index contributed by atoms with van der Waals surface area (Å²) in [5.74, 6) is 3.78. The Morgan fingerprint density at radius 3 is 2.43 bits per heavy atom. The summed E-state index contributed by atoms with van der Waals surface area (Å²) in [7, 11) is 1.37. The SMILES string of the molecule is Cc1ccccc1C#CC(O)(c1nccn1C)C(F)(F)F. The predicted octanol–water partition coefficient (Wildman–Crippen LogP) is 2.53. The zero-order chi connectivity index (χ0) is 15.7. The second-order valence-corrected chi connectivity index (χ2v) is 4.63. The fraction of sp³-hybridized carbons (Fsp3) is 0.267. The monoisotopic (exact) mass is 294 g/mol. The van der Waals surface area contributed by atoms with Gasteiger partial charge in [0.15, 0.2) is 5.82 Å². The van der Waals surface area contributed by atoms with Gasteiger partial charge in [-0.05, 0) is 24.5 Å². The average molecular weight is 294 g/mol. The number of rotatable bonds is 1. The molecule has 0 radical (unpaired) electrons. The van der Waals surface area contributed by atoms with Gasteiger partial charge in [0.25, 0.3) is 5.60 Å². The summed E-state index contributed by atoms with van der Waals surface area (Å²) in [6, 6.07) is 6.76. The lowest BCUT2D eigenvalue weighted by atomic mass is 10.0. The van der Waals surface area contributed by atoms with Crippen LogP contribution in [-0.4, -0.2) is 20.8 Å². The number of imidazole rings is 1. The van der Waals surface area contributed by atoms with Crippen molar-refractivity contribution >= 4 is 0 Å². The molecule has 1 heterocycles. The molecule has 110 valence electrons.